The van der Waals surface area contributed by atoms with Gasteiger partial charge in [-0.05, 0) is 77.0 Å². The maximum atomic E-state index is 12.4. The third kappa shape index (κ3) is 37.7. The van der Waals surface area contributed by atoms with Gasteiger partial charge in [0, 0.05) is 12.8 Å². The number of rotatable bonds is 36. The molecule has 0 heterocycles. The fourth-order valence-electron chi connectivity index (χ4n) is 5.20. The lowest BCUT2D eigenvalue weighted by molar-refractivity contribution is -0.161. The van der Waals surface area contributed by atoms with E-state index in [-0.39, 0.29) is 19.4 Å². The summed E-state index contributed by atoms with van der Waals surface area (Å²) in [6, 6.07) is 0. The summed E-state index contributed by atoms with van der Waals surface area (Å²) in [6.07, 6.45) is 40.8. The van der Waals surface area contributed by atoms with Crippen molar-refractivity contribution in [2.45, 2.75) is 173 Å². The van der Waals surface area contributed by atoms with Gasteiger partial charge in [-0.15, -0.1) is 0 Å². The van der Waals surface area contributed by atoms with Crippen molar-refractivity contribution >= 4 is 19.8 Å². The molecule has 0 unspecified atom stereocenters. The molecular formula is C43H73O10P. The van der Waals surface area contributed by atoms with Crippen LogP contribution >= 0.6 is 7.82 Å². The SMILES string of the molecule is CCCCC/C=C\C/C=C\C/C=C\C/C=C\C/C=C\CCC(=O)OC[C@H](COP(=O)(O)O)OC(=O)CCCCCCC[C@H](O)[C@@H](O)C/C=C\CCCCC. The largest absolute Gasteiger partial charge is 0.469 e. The van der Waals surface area contributed by atoms with E-state index in [9.17, 15) is 24.4 Å². The number of phosphoric acid groups is 1. The highest BCUT2D eigenvalue weighted by atomic mass is 31.2. The Balaban J connectivity index is 4.20. The summed E-state index contributed by atoms with van der Waals surface area (Å²) < 4.78 is 26.2. The first-order chi connectivity index (χ1) is 26.1. The second kappa shape index (κ2) is 37.3. The van der Waals surface area contributed by atoms with E-state index in [1.54, 1.807) is 0 Å². The Hall–Kier alpha value is -2.59. The van der Waals surface area contributed by atoms with E-state index < -0.39 is 44.7 Å². The van der Waals surface area contributed by atoms with Crippen molar-refractivity contribution in [3.63, 3.8) is 0 Å². The number of ether oxygens (including phenoxy) is 2. The van der Waals surface area contributed by atoms with Crippen LogP contribution in [0, 0.1) is 0 Å². The van der Waals surface area contributed by atoms with Crippen molar-refractivity contribution in [2.24, 2.45) is 0 Å². The van der Waals surface area contributed by atoms with Crippen molar-refractivity contribution in [1.29, 1.82) is 0 Å². The molecule has 310 valence electrons. The summed E-state index contributed by atoms with van der Waals surface area (Å²) in [5.41, 5.74) is 0. The van der Waals surface area contributed by atoms with Crippen molar-refractivity contribution < 1.29 is 48.2 Å². The number of aliphatic hydroxyl groups is 2. The van der Waals surface area contributed by atoms with Crippen LogP contribution in [0.25, 0.3) is 0 Å². The standard InChI is InChI=1S/C43H73O10P/c1-3-5-7-9-11-12-13-14-15-16-17-18-19-20-21-22-23-27-31-35-42(46)51-37-39(38-52-54(48,49)50)53-43(47)36-32-28-24-26-30-34-41(45)40(44)33-29-25-10-8-6-4-2/h11-12,14-15,17-18,20-21,23,25,27,29,39-41,44-45H,3-10,13,16,19,22,24,26,28,30-38H2,1-2H3,(H2,48,49,50)/b12-11-,15-14-,18-17-,21-20-,27-23-,29-25-/t39-,40+,41+/m1/s1. The summed E-state index contributed by atoms with van der Waals surface area (Å²) in [5, 5.41) is 20.3. The molecule has 0 aromatic carbocycles. The van der Waals surface area contributed by atoms with Crippen molar-refractivity contribution in [1.82, 2.24) is 0 Å². The van der Waals surface area contributed by atoms with Gasteiger partial charge in [0.25, 0.3) is 0 Å². The van der Waals surface area contributed by atoms with E-state index >= 15 is 0 Å². The molecule has 54 heavy (non-hydrogen) atoms. The van der Waals surface area contributed by atoms with E-state index in [2.05, 4.69) is 73.1 Å². The van der Waals surface area contributed by atoms with Crippen molar-refractivity contribution in [3.8, 4) is 0 Å². The lowest BCUT2D eigenvalue weighted by Crippen LogP contribution is -2.29. The van der Waals surface area contributed by atoms with E-state index in [4.69, 9.17) is 19.3 Å². The summed E-state index contributed by atoms with van der Waals surface area (Å²) in [7, 11) is -4.81. The molecule has 0 radical (unpaired) electrons. The predicted octanol–water partition coefficient (Wildman–Crippen LogP) is 10.2. The summed E-state index contributed by atoms with van der Waals surface area (Å²) in [5.74, 6) is -1.10. The highest BCUT2D eigenvalue weighted by molar-refractivity contribution is 7.46. The average Bonchev–Trinajstić information content (AvgIpc) is 3.14. The van der Waals surface area contributed by atoms with E-state index in [0.717, 1.165) is 64.2 Å². The molecule has 0 spiro atoms. The molecule has 3 atom stereocenters. The Labute approximate surface area is 326 Å². The molecule has 0 rings (SSSR count). The number of allylic oxidation sites excluding steroid dienone is 11. The van der Waals surface area contributed by atoms with Crippen LogP contribution in [0.3, 0.4) is 0 Å². The minimum absolute atomic E-state index is 0.0938. The van der Waals surface area contributed by atoms with Crippen LogP contribution in [0.5, 0.6) is 0 Å². The Bertz CT molecular complexity index is 1140. The van der Waals surface area contributed by atoms with Gasteiger partial charge in [-0.1, -0.05) is 138 Å². The first-order valence-electron chi connectivity index (χ1n) is 20.4. The Morgan fingerprint density at radius 1 is 0.556 bits per heavy atom. The van der Waals surface area contributed by atoms with Crippen molar-refractivity contribution in [3.05, 3.63) is 72.9 Å². The molecule has 4 N–H and O–H groups in total. The van der Waals surface area contributed by atoms with Crippen LogP contribution in [0.2, 0.25) is 0 Å². The number of esters is 2. The Morgan fingerprint density at radius 2 is 1.06 bits per heavy atom. The third-order valence-electron chi connectivity index (χ3n) is 8.41. The fourth-order valence-corrected chi connectivity index (χ4v) is 5.56. The highest BCUT2D eigenvalue weighted by Crippen LogP contribution is 2.36. The number of unbranched alkanes of at least 4 members (excludes halogenated alkanes) is 10. The monoisotopic (exact) mass is 780 g/mol. The van der Waals surface area contributed by atoms with Crippen LogP contribution in [0.4, 0.5) is 0 Å². The molecular weight excluding hydrogens is 707 g/mol. The molecule has 11 heteroatoms. The van der Waals surface area contributed by atoms with Gasteiger partial charge in [-0.3, -0.25) is 14.1 Å². The quantitative estimate of drug-likeness (QED) is 0.0209. The predicted molar refractivity (Wildman–Crippen MR) is 219 cm³/mol. The van der Waals surface area contributed by atoms with Crippen molar-refractivity contribution in [2.75, 3.05) is 13.2 Å². The molecule has 0 aliphatic carbocycles. The first kappa shape index (κ1) is 51.4. The molecule has 0 aliphatic rings. The molecule has 0 aromatic rings. The molecule has 0 aliphatic heterocycles. The van der Waals surface area contributed by atoms with E-state index in [1.165, 1.54) is 38.5 Å². The maximum Gasteiger partial charge on any atom is 0.469 e. The minimum atomic E-state index is -4.81. The summed E-state index contributed by atoms with van der Waals surface area (Å²) >= 11 is 0. The van der Waals surface area contributed by atoms with Gasteiger partial charge in [0.2, 0.25) is 0 Å². The Kier molecular flexibility index (Phi) is 35.5. The van der Waals surface area contributed by atoms with Crippen LogP contribution in [0.15, 0.2) is 72.9 Å². The van der Waals surface area contributed by atoms with Crippen LogP contribution in [-0.4, -0.2) is 63.5 Å². The molecule has 0 aromatic heterocycles. The first-order valence-corrected chi connectivity index (χ1v) is 21.9. The molecule has 0 bridgehead atoms. The highest BCUT2D eigenvalue weighted by Gasteiger charge is 2.23. The number of aliphatic hydroxyl groups excluding tert-OH is 2. The lowest BCUT2D eigenvalue weighted by atomic mass is 10.0. The average molecular weight is 781 g/mol. The molecule has 10 nitrogen and oxygen atoms in total. The zero-order valence-electron chi connectivity index (χ0n) is 33.3. The molecule has 0 fully saturated rings. The maximum absolute atomic E-state index is 12.4. The van der Waals surface area contributed by atoms with Crippen LogP contribution in [0.1, 0.15) is 155 Å². The second-order valence-electron chi connectivity index (χ2n) is 13.6. The fraction of sp³-hybridized carbons (Fsp3) is 0.674. The number of phosphoric ester groups is 1. The molecule has 0 saturated carbocycles. The zero-order valence-corrected chi connectivity index (χ0v) is 34.2. The van der Waals surface area contributed by atoms with Gasteiger partial charge in [-0.2, -0.15) is 0 Å². The van der Waals surface area contributed by atoms with Gasteiger partial charge in [0.15, 0.2) is 6.10 Å². The number of carbonyl (C=O) groups excluding carboxylic acids is 2. The second-order valence-corrected chi connectivity index (χ2v) is 14.8. The topological polar surface area (TPSA) is 160 Å². The zero-order chi connectivity index (χ0) is 40.0. The van der Waals surface area contributed by atoms with Gasteiger partial charge in [0.1, 0.15) is 6.61 Å². The molecule has 0 saturated heterocycles. The van der Waals surface area contributed by atoms with E-state index in [1.807, 2.05) is 18.2 Å². The van der Waals surface area contributed by atoms with Gasteiger partial charge in [-0.25, -0.2) is 4.57 Å². The lowest BCUT2D eigenvalue weighted by Gasteiger charge is -2.18. The minimum Gasteiger partial charge on any atom is -0.462 e. The smallest absolute Gasteiger partial charge is 0.462 e. The number of hydrogen-bond acceptors (Lipinski definition) is 8. The summed E-state index contributed by atoms with van der Waals surface area (Å²) in [6.45, 7) is 3.39. The van der Waals surface area contributed by atoms with Crippen LogP contribution < -0.4 is 0 Å². The van der Waals surface area contributed by atoms with Gasteiger partial charge >= 0.3 is 19.8 Å². The third-order valence-corrected chi connectivity index (χ3v) is 8.90. The normalized spacial score (nSPS) is 14.4. The van der Waals surface area contributed by atoms with E-state index in [0.29, 0.717) is 25.7 Å². The van der Waals surface area contributed by atoms with Gasteiger partial charge in [0.05, 0.1) is 18.8 Å². The van der Waals surface area contributed by atoms with Crippen LogP contribution in [-0.2, 0) is 28.2 Å². The summed E-state index contributed by atoms with van der Waals surface area (Å²) in [4.78, 5) is 42.8. The molecule has 0 amide bonds. The Morgan fingerprint density at radius 3 is 1.61 bits per heavy atom. The number of carbonyl (C=O) groups is 2. The van der Waals surface area contributed by atoms with Gasteiger partial charge < -0.3 is 29.5 Å². The number of hydrogen-bond donors (Lipinski definition) is 4.